The molecule has 0 amide bonds. The molecule has 0 aliphatic carbocycles. The minimum absolute atomic E-state index is 0.194. The lowest BCUT2D eigenvalue weighted by atomic mass is 9.79. The minimum Gasteiger partial charge on any atom is -0.481 e. The molecule has 2 nitrogen and oxygen atoms in total. The third-order valence-electron chi connectivity index (χ3n) is 1.74. The first kappa shape index (κ1) is 10.8. The highest BCUT2D eigenvalue weighted by molar-refractivity contribution is 6.17. The number of carboxylic acids is 1. The molecular formula is C8H15ClO2. The van der Waals surface area contributed by atoms with Gasteiger partial charge in [-0.2, -0.15) is 0 Å². The van der Waals surface area contributed by atoms with Crippen molar-refractivity contribution in [3.8, 4) is 0 Å². The van der Waals surface area contributed by atoms with Crippen molar-refractivity contribution < 1.29 is 9.90 Å². The summed E-state index contributed by atoms with van der Waals surface area (Å²) in [6.45, 7) is 5.75. The Kier molecular flexibility index (Phi) is 3.87. The SMILES string of the molecule is CC(C)(C)C(CCCl)C(=O)O. The molecule has 0 heterocycles. The Bertz CT molecular complexity index is 138. The molecule has 0 aliphatic rings. The maximum absolute atomic E-state index is 10.7. The number of rotatable bonds is 3. The van der Waals surface area contributed by atoms with E-state index in [0.29, 0.717) is 12.3 Å². The Balaban J connectivity index is 4.22. The van der Waals surface area contributed by atoms with Crippen molar-refractivity contribution in [1.82, 2.24) is 0 Å². The summed E-state index contributed by atoms with van der Waals surface area (Å²) in [4.78, 5) is 10.7. The second-order valence-electron chi connectivity index (χ2n) is 3.73. The first-order valence-electron chi connectivity index (χ1n) is 3.68. The van der Waals surface area contributed by atoms with Crippen LogP contribution in [0.3, 0.4) is 0 Å². The van der Waals surface area contributed by atoms with Crippen molar-refractivity contribution in [1.29, 1.82) is 0 Å². The summed E-state index contributed by atoms with van der Waals surface area (Å²) in [5.41, 5.74) is -0.194. The molecule has 0 saturated heterocycles. The van der Waals surface area contributed by atoms with Crippen molar-refractivity contribution in [3.63, 3.8) is 0 Å². The van der Waals surface area contributed by atoms with Gasteiger partial charge in [-0.3, -0.25) is 4.79 Å². The first-order chi connectivity index (χ1) is 4.89. The highest BCUT2D eigenvalue weighted by Gasteiger charge is 2.30. The van der Waals surface area contributed by atoms with E-state index in [2.05, 4.69) is 0 Å². The van der Waals surface area contributed by atoms with Gasteiger partial charge in [0.15, 0.2) is 0 Å². The van der Waals surface area contributed by atoms with Crippen LogP contribution in [0.2, 0.25) is 0 Å². The van der Waals surface area contributed by atoms with Gasteiger partial charge in [-0.15, -0.1) is 11.6 Å². The fourth-order valence-electron chi connectivity index (χ4n) is 1.04. The van der Waals surface area contributed by atoms with Crippen LogP contribution in [-0.2, 0) is 4.79 Å². The van der Waals surface area contributed by atoms with E-state index in [9.17, 15) is 4.79 Å². The fourth-order valence-corrected chi connectivity index (χ4v) is 1.25. The Morgan fingerprint density at radius 1 is 1.55 bits per heavy atom. The Hall–Kier alpha value is -0.240. The number of hydrogen-bond donors (Lipinski definition) is 1. The van der Waals surface area contributed by atoms with E-state index in [1.165, 1.54) is 0 Å². The van der Waals surface area contributed by atoms with Gasteiger partial charge in [0.1, 0.15) is 0 Å². The van der Waals surface area contributed by atoms with E-state index < -0.39 is 5.97 Å². The molecule has 0 aliphatic heterocycles. The number of carbonyl (C=O) groups is 1. The Morgan fingerprint density at radius 2 is 2.00 bits per heavy atom. The standard InChI is InChI=1S/C8H15ClO2/c1-8(2,3)6(4-5-9)7(10)11/h6H,4-5H2,1-3H3,(H,10,11). The summed E-state index contributed by atoms with van der Waals surface area (Å²) in [5.74, 6) is -0.674. The van der Waals surface area contributed by atoms with Crippen LogP contribution in [0.5, 0.6) is 0 Å². The summed E-state index contributed by atoms with van der Waals surface area (Å²) >= 11 is 5.48. The smallest absolute Gasteiger partial charge is 0.307 e. The lowest BCUT2D eigenvalue weighted by Crippen LogP contribution is -2.28. The molecule has 0 fully saturated rings. The third-order valence-corrected chi connectivity index (χ3v) is 1.96. The van der Waals surface area contributed by atoms with E-state index in [-0.39, 0.29) is 11.3 Å². The summed E-state index contributed by atoms with van der Waals surface area (Å²) in [6, 6.07) is 0. The van der Waals surface area contributed by atoms with Gasteiger partial charge in [-0.1, -0.05) is 20.8 Å². The van der Waals surface area contributed by atoms with Crippen molar-refractivity contribution in [2.24, 2.45) is 11.3 Å². The first-order valence-corrected chi connectivity index (χ1v) is 4.22. The average Bonchev–Trinajstić information content (AvgIpc) is 1.79. The lowest BCUT2D eigenvalue weighted by molar-refractivity contribution is -0.145. The average molecular weight is 179 g/mol. The largest absolute Gasteiger partial charge is 0.481 e. The van der Waals surface area contributed by atoms with Crippen LogP contribution in [0.4, 0.5) is 0 Å². The molecule has 0 rings (SSSR count). The van der Waals surface area contributed by atoms with Gasteiger partial charge in [-0.05, 0) is 11.8 Å². The van der Waals surface area contributed by atoms with Gasteiger partial charge >= 0.3 is 5.97 Å². The summed E-state index contributed by atoms with van der Waals surface area (Å²) in [5, 5.41) is 8.78. The Labute approximate surface area is 72.6 Å². The molecule has 1 N–H and O–H groups in total. The number of aliphatic carboxylic acids is 1. The Morgan fingerprint density at radius 3 is 2.09 bits per heavy atom. The number of halogens is 1. The molecule has 0 spiro atoms. The van der Waals surface area contributed by atoms with Crippen LogP contribution < -0.4 is 0 Å². The second kappa shape index (κ2) is 3.96. The van der Waals surface area contributed by atoms with Gasteiger partial charge < -0.3 is 5.11 Å². The highest BCUT2D eigenvalue weighted by Crippen LogP contribution is 2.28. The molecule has 66 valence electrons. The van der Waals surface area contributed by atoms with Crippen LogP contribution >= 0.6 is 11.6 Å². The van der Waals surface area contributed by atoms with Crippen LogP contribution in [0, 0.1) is 11.3 Å². The van der Waals surface area contributed by atoms with Crippen molar-refractivity contribution in [3.05, 3.63) is 0 Å². The predicted molar refractivity (Wildman–Crippen MR) is 45.9 cm³/mol. The van der Waals surface area contributed by atoms with E-state index >= 15 is 0 Å². The zero-order chi connectivity index (χ0) is 9.07. The molecule has 0 aromatic heterocycles. The van der Waals surface area contributed by atoms with Gasteiger partial charge in [0, 0.05) is 5.88 Å². The van der Waals surface area contributed by atoms with E-state index in [1.807, 2.05) is 20.8 Å². The van der Waals surface area contributed by atoms with Crippen LogP contribution in [-0.4, -0.2) is 17.0 Å². The molecule has 1 unspecified atom stereocenters. The molecular weight excluding hydrogens is 164 g/mol. The normalized spacial score (nSPS) is 14.5. The van der Waals surface area contributed by atoms with Crippen LogP contribution in [0.1, 0.15) is 27.2 Å². The maximum Gasteiger partial charge on any atom is 0.307 e. The lowest BCUT2D eigenvalue weighted by Gasteiger charge is -2.26. The molecule has 0 bridgehead atoms. The molecule has 11 heavy (non-hydrogen) atoms. The zero-order valence-electron chi connectivity index (χ0n) is 7.22. The van der Waals surface area contributed by atoms with Gasteiger partial charge in [0.2, 0.25) is 0 Å². The van der Waals surface area contributed by atoms with Crippen LogP contribution in [0.25, 0.3) is 0 Å². The third kappa shape index (κ3) is 3.61. The van der Waals surface area contributed by atoms with Gasteiger partial charge in [0.05, 0.1) is 5.92 Å². The summed E-state index contributed by atoms with van der Waals surface area (Å²) in [7, 11) is 0. The van der Waals surface area contributed by atoms with E-state index in [0.717, 1.165) is 0 Å². The van der Waals surface area contributed by atoms with Crippen molar-refractivity contribution >= 4 is 17.6 Å². The molecule has 0 aromatic rings. The molecule has 0 saturated carbocycles. The number of carboxylic acid groups (broad SMARTS) is 1. The molecule has 3 heteroatoms. The molecule has 0 radical (unpaired) electrons. The molecule has 1 atom stereocenters. The summed E-state index contributed by atoms with van der Waals surface area (Å²) < 4.78 is 0. The van der Waals surface area contributed by atoms with Crippen LogP contribution in [0.15, 0.2) is 0 Å². The van der Waals surface area contributed by atoms with E-state index in [1.54, 1.807) is 0 Å². The number of hydrogen-bond acceptors (Lipinski definition) is 1. The number of alkyl halides is 1. The second-order valence-corrected chi connectivity index (χ2v) is 4.11. The highest BCUT2D eigenvalue weighted by atomic mass is 35.5. The topological polar surface area (TPSA) is 37.3 Å². The summed E-state index contributed by atoms with van der Waals surface area (Å²) in [6.07, 6.45) is 0.542. The maximum atomic E-state index is 10.7. The van der Waals surface area contributed by atoms with Crippen molar-refractivity contribution in [2.75, 3.05) is 5.88 Å². The predicted octanol–water partition coefficient (Wildman–Crippen LogP) is 2.36. The molecule has 0 aromatic carbocycles. The monoisotopic (exact) mass is 178 g/mol. The fraction of sp³-hybridized carbons (Fsp3) is 0.875. The quantitative estimate of drug-likeness (QED) is 0.674. The van der Waals surface area contributed by atoms with Gasteiger partial charge in [0.25, 0.3) is 0 Å². The zero-order valence-corrected chi connectivity index (χ0v) is 7.98. The van der Waals surface area contributed by atoms with E-state index in [4.69, 9.17) is 16.7 Å². The van der Waals surface area contributed by atoms with Gasteiger partial charge in [-0.25, -0.2) is 0 Å². The minimum atomic E-state index is -0.752. The van der Waals surface area contributed by atoms with Crippen molar-refractivity contribution in [2.45, 2.75) is 27.2 Å².